The Balaban J connectivity index is 1.03. The molecule has 11 nitrogen and oxygen atoms in total. The number of nitrogens with zero attached hydrogens (tertiary/aromatic N) is 7. The molecule has 40 heavy (non-hydrogen) atoms. The molecule has 0 spiro atoms. The molecular weight excluding hydrogens is 515 g/mol. The topological polar surface area (TPSA) is 129 Å². The van der Waals surface area contributed by atoms with Crippen molar-refractivity contribution < 1.29 is 18.7 Å². The fourth-order valence-corrected chi connectivity index (χ4v) is 6.60. The number of ether oxygens (including phenoxy) is 1. The third kappa shape index (κ3) is 3.92. The summed E-state index contributed by atoms with van der Waals surface area (Å²) in [6.07, 6.45) is 5.72. The molecule has 1 saturated carbocycles. The number of carbonyl (C=O) groups excluding carboxylic acids is 2. The van der Waals surface area contributed by atoms with Gasteiger partial charge in [0.25, 0.3) is 0 Å². The van der Waals surface area contributed by atoms with Gasteiger partial charge in [-0.15, -0.1) is 5.10 Å². The number of cyclic esters (lactones) is 1. The number of hydrogen-bond acceptors (Lipinski definition) is 8. The number of likely N-dealkylation sites (tertiary alicyclic amines) is 1. The third-order valence-corrected chi connectivity index (χ3v) is 8.73. The smallest absolute Gasteiger partial charge is 0.414 e. The standard InChI is InChI=1S/C28H27FN8O3/c29-23-10-18(37-13-19(40-27(37)39)12-36-9-8-33-34-36)4-5-20(23)17-3-6-25(32-11-17)28(16-30)21-14-35(15-22(21)28)26(38)24-2-1-7-31-24/h3-6,8-11,19,21-22,24,31H,1-2,7,12-15H2/t19-,21?,22?,24-,28?/m0/s1. The Bertz CT molecular complexity index is 1490. The summed E-state index contributed by atoms with van der Waals surface area (Å²) in [5.74, 6) is -0.240. The molecule has 0 bridgehead atoms. The Morgan fingerprint density at radius 2 is 2.08 bits per heavy atom. The number of pyridine rings is 1. The highest BCUT2D eigenvalue weighted by Crippen LogP contribution is 2.62. The van der Waals surface area contributed by atoms with Crippen molar-refractivity contribution in [2.24, 2.45) is 11.8 Å². The van der Waals surface area contributed by atoms with E-state index in [0.717, 1.165) is 19.4 Å². The van der Waals surface area contributed by atoms with Crippen LogP contribution in [0.1, 0.15) is 18.5 Å². The fraction of sp³-hybridized carbons (Fsp3) is 0.429. The van der Waals surface area contributed by atoms with E-state index < -0.39 is 23.4 Å². The molecule has 1 N–H and O–H groups in total. The van der Waals surface area contributed by atoms with E-state index in [1.807, 2.05) is 4.90 Å². The zero-order valence-corrected chi connectivity index (χ0v) is 21.6. The molecule has 1 aromatic carbocycles. The number of carbonyl (C=O) groups is 2. The number of nitrogens with one attached hydrogen (secondary N) is 1. The molecule has 2 amide bonds. The molecule has 0 radical (unpaired) electrons. The zero-order valence-electron chi connectivity index (χ0n) is 21.6. The summed E-state index contributed by atoms with van der Waals surface area (Å²) in [4.78, 5) is 33.1. The summed E-state index contributed by atoms with van der Waals surface area (Å²) in [5.41, 5.74) is 1.27. The lowest BCUT2D eigenvalue weighted by molar-refractivity contribution is -0.132. The van der Waals surface area contributed by atoms with Crippen LogP contribution >= 0.6 is 0 Å². The van der Waals surface area contributed by atoms with Gasteiger partial charge in [-0.1, -0.05) is 11.3 Å². The van der Waals surface area contributed by atoms with Crippen molar-refractivity contribution in [1.82, 2.24) is 30.2 Å². The Kier molecular flexibility index (Phi) is 5.78. The van der Waals surface area contributed by atoms with Crippen molar-refractivity contribution in [2.75, 3.05) is 31.1 Å². The predicted octanol–water partition coefficient (Wildman–Crippen LogP) is 2.11. The van der Waals surface area contributed by atoms with E-state index in [1.165, 1.54) is 11.0 Å². The lowest BCUT2D eigenvalue weighted by Gasteiger charge is -2.25. The Labute approximate surface area is 229 Å². The predicted molar refractivity (Wildman–Crippen MR) is 139 cm³/mol. The van der Waals surface area contributed by atoms with Crippen LogP contribution in [0.2, 0.25) is 0 Å². The van der Waals surface area contributed by atoms with Gasteiger partial charge in [-0.25, -0.2) is 13.9 Å². The molecule has 3 saturated heterocycles. The first-order chi connectivity index (χ1) is 19.5. The number of aromatic nitrogens is 4. The number of amides is 2. The van der Waals surface area contributed by atoms with E-state index in [1.54, 1.807) is 47.5 Å². The number of nitriles is 1. The molecule has 4 atom stereocenters. The van der Waals surface area contributed by atoms with Gasteiger partial charge < -0.3 is 15.0 Å². The van der Waals surface area contributed by atoms with Crippen LogP contribution in [0.15, 0.2) is 48.9 Å². The van der Waals surface area contributed by atoms with Gasteiger partial charge in [0.05, 0.1) is 42.8 Å². The first-order valence-electron chi connectivity index (χ1n) is 13.5. The van der Waals surface area contributed by atoms with Crippen LogP contribution in [0.25, 0.3) is 11.1 Å². The van der Waals surface area contributed by atoms with E-state index in [2.05, 4.69) is 26.7 Å². The molecule has 204 valence electrons. The van der Waals surface area contributed by atoms with E-state index >= 15 is 4.39 Å². The van der Waals surface area contributed by atoms with E-state index in [0.29, 0.717) is 42.1 Å². The number of piperidine rings is 1. The summed E-state index contributed by atoms with van der Waals surface area (Å²) >= 11 is 0. The van der Waals surface area contributed by atoms with Crippen molar-refractivity contribution in [3.8, 4) is 17.2 Å². The minimum atomic E-state index is -0.709. The minimum Gasteiger partial charge on any atom is -0.442 e. The van der Waals surface area contributed by atoms with Crippen molar-refractivity contribution in [3.63, 3.8) is 0 Å². The monoisotopic (exact) mass is 542 g/mol. The van der Waals surface area contributed by atoms with Crippen molar-refractivity contribution >= 4 is 17.7 Å². The van der Waals surface area contributed by atoms with Gasteiger partial charge >= 0.3 is 6.09 Å². The Morgan fingerprint density at radius 3 is 2.73 bits per heavy atom. The summed E-state index contributed by atoms with van der Waals surface area (Å²) in [7, 11) is 0. The maximum atomic E-state index is 15.2. The maximum absolute atomic E-state index is 15.2. The summed E-state index contributed by atoms with van der Waals surface area (Å²) in [5, 5.41) is 21.0. The molecule has 2 unspecified atom stereocenters. The van der Waals surface area contributed by atoms with E-state index in [-0.39, 0.29) is 30.3 Å². The van der Waals surface area contributed by atoms with Crippen LogP contribution in [0, 0.1) is 29.0 Å². The average Bonchev–Trinajstić information content (AvgIpc) is 3.65. The quantitative estimate of drug-likeness (QED) is 0.502. The zero-order chi connectivity index (χ0) is 27.4. The van der Waals surface area contributed by atoms with Gasteiger partial charge in [0.2, 0.25) is 5.91 Å². The number of rotatable bonds is 6. The molecule has 3 aromatic rings. The molecular formula is C28H27FN8O3. The van der Waals surface area contributed by atoms with Crippen LogP contribution in [-0.4, -0.2) is 75.2 Å². The average molecular weight is 543 g/mol. The second kappa shape index (κ2) is 9.38. The normalized spacial score (nSPS) is 28.9. The second-order valence-corrected chi connectivity index (χ2v) is 10.9. The van der Waals surface area contributed by atoms with Crippen LogP contribution < -0.4 is 10.2 Å². The van der Waals surface area contributed by atoms with Crippen molar-refractivity contribution in [2.45, 2.75) is 36.9 Å². The highest BCUT2D eigenvalue weighted by Gasteiger charge is 2.71. The summed E-state index contributed by atoms with van der Waals surface area (Å²) in [6.45, 7) is 2.63. The first-order valence-corrected chi connectivity index (χ1v) is 13.5. The van der Waals surface area contributed by atoms with Crippen molar-refractivity contribution in [3.05, 3.63) is 60.4 Å². The van der Waals surface area contributed by atoms with Gasteiger partial charge in [-0.2, -0.15) is 5.26 Å². The van der Waals surface area contributed by atoms with Gasteiger partial charge in [-0.3, -0.25) is 14.7 Å². The summed E-state index contributed by atoms with van der Waals surface area (Å²) in [6, 6.07) is 10.6. The van der Waals surface area contributed by atoms with Crippen LogP contribution in [-0.2, 0) is 21.5 Å². The molecule has 7 rings (SSSR count). The molecule has 2 aromatic heterocycles. The SMILES string of the molecule is N#CC1(c2ccc(-c3ccc(N4C[C@H](Cn5ccnn5)OC4=O)cc3F)cn2)C2CN(C(=O)[C@@H]3CCCN3)CC21. The number of fused-ring (bicyclic) bond motifs is 1. The van der Waals surface area contributed by atoms with Gasteiger partial charge in [0.15, 0.2) is 0 Å². The molecule has 1 aliphatic carbocycles. The number of halogens is 1. The lowest BCUT2D eigenvalue weighted by Crippen LogP contribution is -2.44. The van der Waals surface area contributed by atoms with Crippen molar-refractivity contribution in [1.29, 1.82) is 5.26 Å². The summed E-state index contributed by atoms with van der Waals surface area (Å²) < 4.78 is 22.2. The van der Waals surface area contributed by atoms with Gasteiger partial charge in [0.1, 0.15) is 17.3 Å². The van der Waals surface area contributed by atoms with E-state index in [4.69, 9.17) is 4.74 Å². The third-order valence-electron chi connectivity index (χ3n) is 8.73. The number of anilines is 1. The van der Waals surface area contributed by atoms with Crippen LogP contribution in [0.3, 0.4) is 0 Å². The second-order valence-electron chi connectivity index (χ2n) is 10.9. The molecule has 4 fully saturated rings. The molecule has 5 heterocycles. The first kappa shape index (κ1) is 24.7. The van der Waals surface area contributed by atoms with E-state index in [9.17, 15) is 14.9 Å². The van der Waals surface area contributed by atoms with Crippen LogP contribution in [0.4, 0.5) is 14.9 Å². The number of hydrogen-bond donors (Lipinski definition) is 1. The maximum Gasteiger partial charge on any atom is 0.414 e. The van der Waals surface area contributed by atoms with Gasteiger partial charge in [-0.05, 0) is 43.7 Å². The molecule has 4 aliphatic rings. The van der Waals surface area contributed by atoms with Crippen LogP contribution in [0.5, 0.6) is 0 Å². The Hall–Kier alpha value is -4.37. The highest BCUT2D eigenvalue weighted by atomic mass is 19.1. The Morgan fingerprint density at radius 1 is 1.23 bits per heavy atom. The van der Waals surface area contributed by atoms with Gasteiger partial charge in [0, 0.05) is 48.4 Å². The highest BCUT2D eigenvalue weighted by molar-refractivity contribution is 5.90. The minimum absolute atomic E-state index is 0.0609. The number of benzene rings is 1. The lowest BCUT2D eigenvalue weighted by atomic mass is 9.95. The molecule has 3 aliphatic heterocycles. The largest absolute Gasteiger partial charge is 0.442 e. The fourth-order valence-electron chi connectivity index (χ4n) is 6.60. The molecule has 12 heteroatoms.